The molecule has 1 aliphatic carbocycles. The molecular weight excluding hydrogens is 266 g/mol. The van der Waals surface area contributed by atoms with Gasteiger partial charge in [-0.3, -0.25) is 4.79 Å². The second-order valence-electron chi connectivity index (χ2n) is 5.00. The molecule has 1 aromatic carbocycles. The van der Waals surface area contributed by atoms with Crippen molar-refractivity contribution in [3.63, 3.8) is 0 Å². The summed E-state index contributed by atoms with van der Waals surface area (Å²) < 4.78 is 31.9. The van der Waals surface area contributed by atoms with E-state index in [0.717, 1.165) is 31.0 Å². The molecule has 6 heteroatoms. The fraction of sp³-hybridized carbons (Fsp3) is 0.500. The molecule has 0 aromatic heterocycles. The van der Waals surface area contributed by atoms with Crippen LogP contribution in [0.4, 0.5) is 8.78 Å². The number of benzene rings is 1. The Balaban J connectivity index is 2.16. The van der Waals surface area contributed by atoms with Gasteiger partial charge in [0.15, 0.2) is 11.6 Å². The van der Waals surface area contributed by atoms with Crippen LogP contribution in [-0.4, -0.2) is 24.6 Å². The van der Waals surface area contributed by atoms with Gasteiger partial charge in [0.2, 0.25) is 5.91 Å². The maximum absolute atomic E-state index is 13.5. The molecule has 1 amide bonds. The van der Waals surface area contributed by atoms with Gasteiger partial charge in [0.1, 0.15) is 18.0 Å². The lowest BCUT2D eigenvalue weighted by Gasteiger charge is -2.31. The number of halogens is 2. The van der Waals surface area contributed by atoms with Crippen LogP contribution in [0.2, 0.25) is 0 Å². The van der Waals surface area contributed by atoms with Gasteiger partial charge in [-0.1, -0.05) is 6.92 Å². The molecule has 1 saturated carbocycles. The Morgan fingerprint density at radius 2 is 2.20 bits per heavy atom. The minimum absolute atomic E-state index is 0.0802. The van der Waals surface area contributed by atoms with E-state index in [1.54, 1.807) is 0 Å². The Morgan fingerprint density at radius 1 is 1.50 bits per heavy atom. The number of amides is 1. The number of hydrogen-bond donors (Lipinski definition) is 2. The molecule has 1 aromatic rings. The molecule has 1 unspecified atom stereocenters. The Labute approximate surface area is 116 Å². The van der Waals surface area contributed by atoms with Crippen molar-refractivity contribution < 1.29 is 18.3 Å². The van der Waals surface area contributed by atoms with E-state index >= 15 is 0 Å². The van der Waals surface area contributed by atoms with Gasteiger partial charge in [0, 0.05) is 6.07 Å². The van der Waals surface area contributed by atoms with Gasteiger partial charge in [-0.25, -0.2) is 8.78 Å². The van der Waals surface area contributed by atoms with Crippen LogP contribution in [0.25, 0.3) is 0 Å². The highest BCUT2D eigenvalue weighted by atomic mass is 19.1. The second-order valence-corrected chi connectivity index (χ2v) is 5.00. The maximum Gasteiger partial charge on any atom is 0.241 e. The normalized spacial score (nSPS) is 17.6. The minimum Gasteiger partial charge on any atom is -0.488 e. The van der Waals surface area contributed by atoms with Crippen molar-refractivity contribution in [2.75, 3.05) is 13.2 Å². The van der Waals surface area contributed by atoms with Crippen molar-refractivity contribution in [3.05, 3.63) is 29.8 Å². The largest absolute Gasteiger partial charge is 0.488 e. The van der Waals surface area contributed by atoms with Gasteiger partial charge in [0.25, 0.3) is 0 Å². The van der Waals surface area contributed by atoms with Crippen LogP contribution < -0.4 is 15.8 Å². The van der Waals surface area contributed by atoms with Crippen LogP contribution in [0.5, 0.6) is 5.75 Å². The number of hydrogen-bond acceptors (Lipinski definition) is 3. The molecule has 20 heavy (non-hydrogen) atoms. The van der Waals surface area contributed by atoms with Gasteiger partial charge in [0.05, 0.1) is 0 Å². The molecule has 2 rings (SSSR count). The lowest BCUT2D eigenvalue weighted by molar-refractivity contribution is -0.126. The maximum atomic E-state index is 13.5. The average Bonchev–Trinajstić information content (AvgIpc) is 3.22. The molecule has 0 radical (unpaired) electrons. The average molecular weight is 284 g/mol. The highest BCUT2D eigenvalue weighted by molar-refractivity contribution is 5.85. The van der Waals surface area contributed by atoms with Crippen LogP contribution in [-0.2, 0) is 4.79 Å². The number of primary amides is 1. The molecular formula is C14H18F2N2O2. The predicted molar refractivity (Wildman–Crippen MR) is 70.2 cm³/mol. The van der Waals surface area contributed by atoms with Crippen molar-refractivity contribution in [2.24, 2.45) is 11.7 Å². The first-order chi connectivity index (χ1) is 9.49. The minimum atomic E-state index is -1.02. The molecule has 1 aliphatic rings. The molecule has 0 heterocycles. The van der Waals surface area contributed by atoms with Crippen molar-refractivity contribution in [2.45, 2.75) is 25.3 Å². The fourth-order valence-electron chi connectivity index (χ4n) is 2.34. The third-order valence-electron chi connectivity index (χ3n) is 3.55. The zero-order chi connectivity index (χ0) is 14.8. The molecule has 110 valence electrons. The lowest BCUT2D eigenvalue weighted by Crippen LogP contribution is -2.61. The van der Waals surface area contributed by atoms with Gasteiger partial charge in [-0.05, 0) is 37.4 Å². The first kappa shape index (κ1) is 14.7. The van der Waals surface area contributed by atoms with E-state index in [-0.39, 0.29) is 18.3 Å². The van der Waals surface area contributed by atoms with Crippen LogP contribution in [0.15, 0.2) is 18.2 Å². The number of likely N-dealkylation sites (N-methyl/N-ethyl adjacent to an activating group) is 1. The highest BCUT2D eigenvalue weighted by Gasteiger charge is 2.50. The predicted octanol–water partition coefficient (Wildman–Crippen LogP) is 1.59. The van der Waals surface area contributed by atoms with Crippen molar-refractivity contribution >= 4 is 5.91 Å². The van der Waals surface area contributed by atoms with Crippen LogP contribution in [0.1, 0.15) is 19.8 Å². The van der Waals surface area contributed by atoms with E-state index in [1.807, 2.05) is 6.92 Å². The van der Waals surface area contributed by atoms with E-state index in [2.05, 4.69) is 5.32 Å². The third-order valence-corrected chi connectivity index (χ3v) is 3.55. The van der Waals surface area contributed by atoms with E-state index in [1.165, 1.54) is 0 Å². The monoisotopic (exact) mass is 284 g/mol. The summed E-state index contributed by atoms with van der Waals surface area (Å²) >= 11 is 0. The molecule has 0 aliphatic heterocycles. The van der Waals surface area contributed by atoms with E-state index in [0.29, 0.717) is 6.54 Å². The standard InChI is InChI=1S/C14H18F2N2O2/c1-2-18-14(13(17)19,9-3-4-9)8-20-12-7-10(15)5-6-11(12)16/h5-7,9,18H,2-4,8H2,1H3,(H2,17,19). The molecule has 4 nitrogen and oxygen atoms in total. The smallest absolute Gasteiger partial charge is 0.241 e. The molecule has 1 atom stereocenters. The Morgan fingerprint density at radius 3 is 2.75 bits per heavy atom. The van der Waals surface area contributed by atoms with E-state index in [9.17, 15) is 13.6 Å². The zero-order valence-corrected chi connectivity index (χ0v) is 11.3. The van der Waals surface area contributed by atoms with Crippen LogP contribution in [0.3, 0.4) is 0 Å². The Kier molecular flexibility index (Phi) is 4.23. The lowest BCUT2D eigenvalue weighted by atomic mass is 9.93. The van der Waals surface area contributed by atoms with Gasteiger partial charge < -0.3 is 15.8 Å². The number of nitrogens with one attached hydrogen (secondary N) is 1. The molecule has 0 bridgehead atoms. The van der Waals surface area contributed by atoms with E-state index < -0.39 is 23.1 Å². The number of ether oxygens (including phenoxy) is 1. The first-order valence-electron chi connectivity index (χ1n) is 6.62. The summed E-state index contributed by atoms with van der Waals surface area (Å²) in [6.45, 7) is 2.28. The summed E-state index contributed by atoms with van der Waals surface area (Å²) in [5.74, 6) is -1.93. The van der Waals surface area contributed by atoms with Crippen LogP contribution in [0, 0.1) is 17.6 Å². The van der Waals surface area contributed by atoms with Crippen LogP contribution >= 0.6 is 0 Å². The summed E-state index contributed by atoms with van der Waals surface area (Å²) in [4.78, 5) is 11.8. The van der Waals surface area contributed by atoms with Crippen molar-refractivity contribution in [1.82, 2.24) is 5.32 Å². The molecule has 0 saturated heterocycles. The topological polar surface area (TPSA) is 64.3 Å². The zero-order valence-electron chi connectivity index (χ0n) is 11.3. The molecule has 3 N–H and O–H groups in total. The summed E-state index contributed by atoms with van der Waals surface area (Å²) in [7, 11) is 0. The third kappa shape index (κ3) is 2.90. The van der Waals surface area contributed by atoms with Gasteiger partial charge in [-0.2, -0.15) is 0 Å². The van der Waals surface area contributed by atoms with E-state index in [4.69, 9.17) is 10.5 Å². The first-order valence-corrected chi connectivity index (χ1v) is 6.62. The van der Waals surface area contributed by atoms with Crippen molar-refractivity contribution in [3.8, 4) is 5.75 Å². The van der Waals surface area contributed by atoms with Gasteiger partial charge >= 0.3 is 0 Å². The fourth-order valence-corrected chi connectivity index (χ4v) is 2.34. The summed E-state index contributed by atoms with van der Waals surface area (Å²) in [5, 5.41) is 3.05. The highest BCUT2D eigenvalue weighted by Crippen LogP contribution is 2.40. The quantitative estimate of drug-likeness (QED) is 0.799. The molecule has 0 spiro atoms. The summed E-state index contributed by atoms with van der Waals surface area (Å²) in [6.07, 6.45) is 1.73. The molecule has 1 fully saturated rings. The SMILES string of the molecule is CCNC(COc1cc(F)ccc1F)(C(N)=O)C1CC1. The summed E-state index contributed by atoms with van der Waals surface area (Å²) in [6, 6.07) is 2.95. The Bertz CT molecular complexity index is 506. The number of carbonyl (C=O) groups excluding carboxylic acids is 1. The number of nitrogens with two attached hydrogens (primary N) is 1. The van der Waals surface area contributed by atoms with Gasteiger partial charge in [-0.15, -0.1) is 0 Å². The Hall–Kier alpha value is -1.69. The second kappa shape index (κ2) is 5.75. The van der Waals surface area contributed by atoms with Crippen molar-refractivity contribution in [1.29, 1.82) is 0 Å². The summed E-state index contributed by atoms with van der Waals surface area (Å²) in [5.41, 5.74) is 4.46. The number of rotatable bonds is 7. The number of carbonyl (C=O) groups is 1.